The number of aldehydes is 1. The maximum Gasteiger partial charge on any atom is 0.488 e. The zero-order valence-electron chi connectivity index (χ0n) is 7.80. The second kappa shape index (κ2) is 4.78. The number of benzene rings is 1. The van der Waals surface area contributed by atoms with E-state index in [4.69, 9.17) is 14.8 Å². The molecule has 1 aromatic rings. The molecule has 0 spiro atoms. The van der Waals surface area contributed by atoms with Crippen molar-refractivity contribution >= 4 is 18.9 Å². The van der Waals surface area contributed by atoms with E-state index in [2.05, 4.69) is 0 Å². The number of methoxy groups -OCH3 is 1. The average Bonchev–Trinajstić information content (AvgIpc) is 2.17. The molecule has 14 heavy (non-hydrogen) atoms. The zero-order chi connectivity index (χ0) is 10.6. The Morgan fingerprint density at radius 1 is 1.50 bits per heavy atom. The first-order chi connectivity index (χ1) is 6.69. The van der Waals surface area contributed by atoms with Crippen molar-refractivity contribution in [3.05, 3.63) is 23.8 Å². The SMILES string of the molecule is COc1ccc(B(O)O)c(CC=O)c1. The van der Waals surface area contributed by atoms with Crippen molar-refractivity contribution in [2.45, 2.75) is 6.42 Å². The fourth-order valence-corrected chi connectivity index (χ4v) is 1.23. The Kier molecular flexibility index (Phi) is 3.68. The van der Waals surface area contributed by atoms with Gasteiger partial charge in [-0.2, -0.15) is 0 Å². The molecule has 0 amide bonds. The highest BCUT2D eigenvalue weighted by Gasteiger charge is 2.15. The minimum absolute atomic E-state index is 0.143. The fourth-order valence-electron chi connectivity index (χ4n) is 1.23. The van der Waals surface area contributed by atoms with E-state index in [1.54, 1.807) is 12.1 Å². The van der Waals surface area contributed by atoms with E-state index < -0.39 is 7.12 Å². The van der Waals surface area contributed by atoms with Crippen molar-refractivity contribution < 1.29 is 19.6 Å². The molecule has 2 N–H and O–H groups in total. The van der Waals surface area contributed by atoms with E-state index in [-0.39, 0.29) is 6.42 Å². The Hall–Kier alpha value is -1.33. The van der Waals surface area contributed by atoms with Crippen molar-refractivity contribution in [3.63, 3.8) is 0 Å². The van der Waals surface area contributed by atoms with Gasteiger partial charge in [-0.05, 0) is 23.2 Å². The van der Waals surface area contributed by atoms with E-state index in [1.807, 2.05) is 0 Å². The monoisotopic (exact) mass is 194 g/mol. The van der Waals surface area contributed by atoms with Gasteiger partial charge in [-0.25, -0.2) is 0 Å². The molecule has 0 saturated heterocycles. The van der Waals surface area contributed by atoms with Crippen LogP contribution in [-0.2, 0) is 11.2 Å². The predicted molar refractivity (Wildman–Crippen MR) is 52.6 cm³/mol. The van der Waals surface area contributed by atoms with Crippen LogP contribution in [0.15, 0.2) is 18.2 Å². The molecule has 74 valence electrons. The van der Waals surface area contributed by atoms with E-state index in [0.29, 0.717) is 23.1 Å². The average molecular weight is 194 g/mol. The van der Waals surface area contributed by atoms with Gasteiger partial charge in [0.25, 0.3) is 0 Å². The lowest BCUT2D eigenvalue weighted by Gasteiger charge is -2.08. The summed E-state index contributed by atoms with van der Waals surface area (Å²) in [6.45, 7) is 0. The van der Waals surface area contributed by atoms with E-state index in [9.17, 15) is 4.79 Å². The van der Waals surface area contributed by atoms with Gasteiger partial charge >= 0.3 is 7.12 Å². The molecule has 0 aliphatic heterocycles. The molecule has 1 rings (SSSR count). The predicted octanol–water partition coefficient (Wildman–Crippen LogP) is -0.884. The van der Waals surface area contributed by atoms with Gasteiger partial charge in [0.05, 0.1) is 7.11 Å². The molecule has 0 bridgehead atoms. The number of hydrogen-bond donors (Lipinski definition) is 2. The Bertz CT molecular complexity index is 325. The van der Waals surface area contributed by atoms with Gasteiger partial charge in [-0.1, -0.05) is 6.07 Å². The van der Waals surface area contributed by atoms with Crippen LogP contribution < -0.4 is 10.2 Å². The highest BCUT2D eigenvalue weighted by molar-refractivity contribution is 6.59. The maximum absolute atomic E-state index is 10.3. The summed E-state index contributed by atoms with van der Waals surface area (Å²) in [6, 6.07) is 4.76. The number of rotatable bonds is 4. The van der Waals surface area contributed by atoms with E-state index >= 15 is 0 Å². The molecule has 0 radical (unpaired) electrons. The van der Waals surface area contributed by atoms with Crippen molar-refractivity contribution in [1.82, 2.24) is 0 Å². The summed E-state index contributed by atoms with van der Waals surface area (Å²) in [7, 11) is -0.0504. The lowest BCUT2D eigenvalue weighted by atomic mass is 9.76. The first kappa shape index (κ1) is 10.8. The van der Waals surface area contributed by atoms with Crippen LogP contribution in [-0.4, -0.2) is 30.6 Å². The van der Waals surface area contributed by atoms with Gasteiger partial charge in [0.2, 0.25) is 0 Å². The third kappa shape index (κ3) is 2.34. The second-order valence-corrected chi connectivity index (χ2v) is 2.81. The summed E-state index contributed by atoms with van der Waals surface area (Å²) in [4.78, 5) is 10.3. The maximum atomic E-state index is 10.3. The van der Waals surface area contributed by atoms with Crippen molar-refractivity contribution in [3.8, 4) is 5.75 Å². The van der Waals surface area contributed by atoms with Gasteiger partial charge in [-0.15, -0.1) is 0 Å². The summed E-state index contributed by atoms with van der Waals surface area (Å²) in [6.07, 6.45) is 0.852. The van der Waals surface area contributed by atoms with Crippen LogP contribution in [0.2, 0.25) is 0 Å². The van der Waals surface area contributed by atoms with Crippen molar-refractivity contribution in [2.24, 2.45) is 0 Å². The Labute approximate surface area is 82.3 Å². The van der Waals surface area contributed by atoms with Crippen LogP contribution >= 0.6 is 0 Å². The van der Waals surface area contributed by atoms with Gasteiger partial charge in [0.15, 0.2) is 0 Å². The highest BCUT2D eigenvalue weighted by atomic mass is 16.5. The molecule has 4 nitrogen and oxygen atoms in total. The first-order valence-corrected chi connectivity index (χ1v) is 4.15. The smallest absolute Gasteiger partial charge is 0.488 e. The first-order valence-electron chi connectivity index (χ1n) is 4.15. The second-order valence-electron chi connectivity index (χ2n) is 2.81. The molecule has 0 saturated carbocycles. The zero-order valence-corrected chi connectivity index (χ0v) is 7.80. The number of carbonyl (C=O) groups is 1. The minimum Gasteiger partial charge on any atom is -0.497 e. The largest absolute Gasteiger partial charge is 0.497 e. The highest BCUT2D eigenvalue weighted by Crippen LogP contribution is 2.11. The van der Waals surface area contributed by atoms with Gasteiger partial charge in [0.1, 0.15) is 12.0 Å². The van der Waals surface area contributed by atoms with E-state index in [1.165, 1.54) is 13.2 Å². The topological polar surface area (TPSA) is 66.8 Å². The van der Waals surface area contributed by atoms with Gasteiger partial charge < -0.3 is 19.6 Å². The molecular weight excluding hydrogens is 183 g/mol. The summed E-state index contributed by atoms with van der Waals surface area (Å²) in [5, 5.41) is 18.0. The molecule has 5 heteroatoms. The van der Waals surface area contributed by atoms with Gasteiger partial charge in [-0.3, -0.25) is 0 Å². The molecule has 0 unspecified atom stereocenters. The summed E-state index contributed by atoms with van der Waals surface area (Å²) in [5.41, 5.74) is 0.896. The third-order valence-corrected chi connectivity index (χ3v) is 1.93. The van der Waals surface area contributed by atoms with Crippen LogP contribution in [0.4, 0.5) is 0 Å². The lowest BCUT2D eigenvalue weighted by molar-refractivity contribution is -0.107. The van der Waals surface area contributed by atoms with Crippen molar-refractivity contribution in [2.75, 3.05) is 7.11 Å². The minimum atomic E-state index is -1.56. The number of hydrogen-bond acceptors (Lipinski definition) is 4. The van der Waals surface area contributed by atoms with Gasteiger partial charge in [0, 0.05) is 6.42 Å². The molecule has 0 atom stereocenters. The molecule has 0 fully saturated rings. The molecule has 0 aromatic heterocycles. The molecule has 1 aromatic carbocycles. The van der Waals surface area contributed by atoms with Crippen LogP contribution in [0.1, 0.15) is 5.56 Å². The summed E-state index contributed by atoms with van der Waals surface area (Å²) >= 11 is 0. The standard InChI is InChI=1S/C9H11BO4/c1-14-8-2-3-9(10(12)13)7(6-8)4-5-11/h2-3,5-6,12-13H,4H2,1H3. The third-order valence-electron chi connectivity index (χ3n) is 1.93. The fraction of sp³-hybridized carbons (Fsp3) is 0.222. The Balaban J connectivity index is 3.09. The summed E-state index contributed by atoms with van der Waals surface area (Å²) < 4.78 is 4.96. The normalized spacial score (nSPS) is 9.64. The molecule has 0 aliphatic carbocycles. The van der Waals surface area contributed by atoms with Crippen LogP contribution in [0.3, 0.4) is 0 Å². The Morgan fingerprint density at radius 3 is 2.71 bits per heavy atom. The number of carbonyl (C=O) groups excluding carboxylic acids is 1. The van der Waals surface area contributed by atoms with Crippen LogP contribution in [0.5, 0.6) is 5.75 Å². The van der Waals surface area contributed by atoms with E-state index in [0.717, 1.165) is 0 Å². The lowest BCUT2D eigenvalue weighted by Crippen LogP contribution is -2.33. The van der Waals surface area contributed by atoms with Crippen LogP contribution in [0, 0.1) is 0 Å². The van der Waals surface area contributed by atoms with Crippen LogP contribution in [0.25, 0.3) is 0 Å². The number of ether oxygens (including phenoxy) is 1. The summed E-state index contributed by atoms with van der Waals surface area (Å²) in [5.74, 6) is 0.589. The quantitative estimate of drug-likeness (QED) is 0.482. The van der Waals surface area contributed by atoms with Crippen molar-refractivity contribution in [1.29, 1.82) is 0 Å². The Morgan fingerprint density at radius 2 is 2.21 bits per heavy atom. The molecule has 0 heterocycles. The molecular formula is C9H11BO4. The molecule has 0 aliphatic rings.